The molecule has 0 aliphatic rings. The van der Waals surface area contributed by atoms with E-state index in [1.807, 2.05) is 31.2 Å². The molecule has 0 N–H and O–H groups in total. The summed E-state index contributed by atoms with van der Waals surface area (Å²) >= 11 is 6.16. The lowest BCUT2D eigenvalue weighted by Crippen LogP contribution is -2.31. The zero-order valence-corrected chi connectivity index (χ0v) is 17.5. The molecule has 0 radical (unpaired) electrons. The molecule has 6 nitrogen and oxygen atoms in total. The van der Waals surface area contributed by atoms with Crippen molar-refractivity contribution in [3.05, 3.63) is 88.8 Å². The minimum atomic E-state index is -3.94. The van der Waals surface area contributed by atoms with Gasteiger partial charge in [-0.05, 0) is 49.7 Å². The van der Waals surface area contributed by atoms with Gasteiger partial charge < -0.3 is 0 Å². The zero-order valence-electron chi connectivity index (χ0n) is 15.9. The van der Waals surface area contributed by atoms with Crippen LogP contribution in [-0.4, -0.2) is 23.0 Å². The van der Waals surface area contributed by atoms with Gasteiger partial charge in [-0.25, -0.2) is 8.42 Å². The fraction of sp³-hybridized carbons (Fsp3) is 0.143. The predicted molar refractivity (Wildman–Crippen MR) is 114 cm³/mol. The van der Waals surface area contributed by atoms with Gasteiger partial charge in [0.2, 0.25) is 0 Å². The first-order valence-electron chi connectivity index (χ1n) is 9.00. The van der Waals surface area contributed by atoms with Gasteiger partial charge in [0.1, 0.15) is 10.7 Å². The van der Waals surface area contributed by atoms with Crippen LogP contribution in [0.5, 0.6) is 0 Å². The molecule has 0 amide bonds. The molecular weight excluding hydrogens is 408 g/mol. The number of pyridine rings is 1. The number of hydrogen-bond acceptors (Lipinski definition) is 4. The molecule has 0 unspecified atom stereocenters. The maximum Gasteiger partial charge on any atom is 0.268 e. The average molecular weight is 427 g/mol. The highest BCUT2D eigenvalue weighted by Crippen LogP contribution is 2.29. The average Bonchev–Trinajstić information content (AvgIpc) is 3.08. The second kappa shape index (κ2) is 7.50. The standard InChI is InChI=1S/C21H19ClN4O2S/c1-15-8-10-17(11-9-15)14-26(19-6-3-5-18(22)13-19)29(27,28)20-7-4-12-25-16(2)23-24-21(20)25/h3-13H,14H2,1-2H3. The van der Waals surface area contributed by atoms with Crippen LogP contribution in [0.1, 0.15) is 17.0 Å². The van der Waals surface area contributed by atoms with E-state index in [2.05, 4.69) is 10.2 Å². The third-order valence-electron chi connectivity index (χ3n) is 4.68. The molecule has 0 aliphatic heterocycles. The maximum absolute atomic E-state index is 13.7. The Morgan fingerprint density at radius 1 is 1.00 bits per heavy atom. The molecule has 0 bridgehead atoms. The van der Waals surface area contributed by atoms with Crippen LogP contribution in [0.15, 0.2) is 71.8 Å². The van der Waals surface area contributed by atoms with Crippen LogP contribution in [0.25, 0.3) is 5.65 Å². The first-order chi connectivity index (χ1) is 13.9. The van der Waals surface area contributed by atoms with Crippen molar-refractivity contribution in [2.75, 3.05) is 4.31 Å². The van der Waals surface area contributed by atoms with E-state index in [4.69, 9.17) is 11.6 Å². The minimum absolute atomic E-state index is 0.0905. The number of nitrogens with zero attached hydrogens (tertiary/aromatic N) is 4. The highest BCUT2D eigenvalue weighted by Gasteiger charge is 2.29. The normalized spacial score (nSPS) is 11.7. The number of sulfonamides is 1. The smallest absolute Gasteiger partial charge is 0.268 e. The van der Waals surface area contributed by atoms with Gasteiger partial charge in [-0.1, -0.05) is 47.5 Å². The lowest BCUT2D eigenvalue weighted by atomic mass is 10.1. The number of aryl methyl sites for hydroxylation is 2. The van der Waals surface area contributed by atoms with E-state index in [-0.39, 0.29) is 11.4 Å². The van der Waals surface area contributed by atoms with Crippen LogP contribution in [0.4, 0.5) is 5.69 Å². The lowest BCUT2D eigenvalue weighted by Gasteiger charge is -2.25. The van der Waals surface area contributed by atoms with Gasteiger partial charge in [-0.3, -0.25) is 8.71 Å². The quantitative estimate of drug-likeness (QED) is 0.474. The molecule has 148 valence electrons. The fourth-order valence-corrected chi connectivity index (χ4v) is 4.89. The number of aromatic nitrogens is 3. The topological polar surface area (TPSA) is 67.6 Å². The fourth-order valence-electron chi connectivity index (χ4n) is 3.13. The molecular formula is C21H19ClN4O2S. The van der Waals surface area contributed by atoms with Gasteiger partial charge in [0.05, 0.1) is 12.2 Å². The third kappa shape index (κ3) is 3.71. The molecule has 4 rings (SSSR count). The summed E-state index contributed by atoms with van der Waals surface area (Å²) in [4.78, 5) is 0.0905. The number of anilines is 1. The third-order valence-corrected chi connectivity index (χ3v) is 6.71. The van der Waals surface area contributed by atoms with Gasteiger partial charge in [-0.2, -0.15) is 0 Å². The van der Waals surface area contributed by atoms with Crippen LogP contribution in [0.2, 0.25) is 5.02 Å². The highest BCUT2D eigenvalue weighted by atomic mass is 35.5. The molecule has 2 aromatic heterocycles. The van der Waals surface area contributed by atoms with Crippen LogP contribution in [0.3, 0.4) is 0 Å². The molecule has 0 atom stereocenters. The van der Waals surface area contributed by atoms with E-state index in [1.165, 1.54) is 4.31 Å². The number of benzene rings is 2. The van der Waals surface area contributed by atoms with Gasteiger partial charge in [0.25, 0.3) is 10.0 Å². The predicted octanol–water partition coefficient (Wildman–Crippen LogP) is 4.40. The summed E-state index contributed by atoms with van der Waals surface area (Å²) in [5.74, 6) is 0.616. The summed E-state index contributed by atoms with van der Waals surface area (Å²) in [6.07, 6.45) is 1.74. The second-order valence-electron chi connectivity index (χ2n) is 6.79. The van der Waals surface area contributed by atoms with E-state index < -0.39 is 10.0 Å². The Balaban J connectivity index is 1.88. The Morgan fingerprint density at radius 3 is 2.48 bits per heavy atom. The Labute approximate surface area is 174 Å². The van der Waals surface area contributed by atoms with E-state index in [0.717, 1.165) is 11.1 Å². The van der Waals surface area contributed by atoms with Crippen molar-refractivity contribution in [3.8, 4) is 0 Å². The molecule has 0 spiro atoms. The Hall–Kier alpha value is -2.90. The molecule has 2 heterocycles. The first kappa shape index (κ1) is 19.4. The molecule has 0 saturated heterocycles. The second-order valence-corrected chi connectivity index (χ2v) is 9.06. The molecule has 4 aromatic rings. The lowest BCUT2D eigenvalue weighted by molar-refractivity contribution is 0.590. The van der Waals surface area contributed by atoms with Crippen LogP contribution >= 0.6 is 11.6 Å². The Morgan fingerprint density at radius 2 is 1.76 bits per heavy atom. The van der Waals surface area contributed by atoms with Crippen molar-refractivity contribution < 1.29 is 8.42 Å². The molecule has 0 aliphatic carbocycles. The molecule has 2 aromatic carbocycles. The summed E-state index contributed by atoms with van der Waals surface area (Å²) < 4.78 is 30.5. The van der Waals surface area contributed by atoms with E-state index in [0.29, 0.717) is 22.2 Å². The SMILES string of the molecule is Cc1ccc(CN(c2cccc(Cl)c2)S(=O)(=O)c2cccn3c(C)nnc23)cc1. The van der Waals surface area contributed by atoms with Crippen molar-refractivity contribution in [2.24, 2.45) is 0 Å². The van der Waals surface area contributed by atoms with Crippen molar-refractivity contribution in [1.82, 2.24) is 14.6 Å². The van der Waals surface area contributed by atoms with Crippen molar-refractivity contribution in [2.45, 2.75) is 25.3 Å². The number of hydrogen-bond donors (Lipinski definition) is 0. The van der Waals surface area contributed by atoms with E-state index in [1.54, 1.807) is 53.9 Å². The first-order valence-corrected chi connectivity index (χ1v) is 10.8. The van der Waals surface area contributed by atoms with Gasteiger partial charge in [0, 0.05) is 11.2 Å². The van der Waals surface area contributed by atoms with Crippen molar-refractivity contribution >= 4 is 33.0 Å². The summed E-state index contributed by atoms with van der Waals surface area (Å²) in [7, 11) is -3.94. The monoisotopic (exact) mass is 426 g/mol. The maximum atomic E-state index is 13.7. The van der Waals surface area contributed by atoms with E-state index >= 15 is 0 Å². The van der Waals surface area contributed by atoms with Gasteiger partial charge in [-0.15, -0.1) is 10.2 Å². The number of rotatable bonds is 5. The Bertz CT molecular complexity index is 1280. The summed E-state index contributed by atoms with van der Waals surface area (Å²) in [6.45, 7) is 3.93. The van der Waals surface area contributed by atoms with Crippen LogP contribution < -0.4 is 4.31 Å². The largest absolute Gasteiger partial charge is 0.286 e. The molecule has 8 heteroatoms. The summed E-state index contributed by atoms with van der Waals surface area (Å²) in [5.41, 5.74) is 2.75. The molecule has 29 heavy (non-hydrogen) atoms. The number of fused-ring (bicyclic) bond motifs is 1. The molecule has 0 saturated carbocycles. The van der Waals surface area contributed by atoms with Crippen molar-refractivity contribution in [1.29, 1.82) is 0 Å². The summed E-state index contributed by atoms with van der Waals surface area (Å²) in [5, 5.41) is 8.56. The van der Waals surface area contributed by atoms with Crippen molar-refractivity contribution in [3.63, 3.8) is 0 Å². The Kier molecular flexibility index (Phi) is 5.02. The molecule has 0 fully saturated rings. The minimum Gasteiger partial charge on any atom is -0.286 e. The highest BCUT2D eigenvalue weighted by molar-refractivity contribution is 7.93. The van der Waals surface area contributed by atoms with Gasteiger partial charge >= 0.3 is 0 Å². The van der Waals surface area contributed by atoms with Crippen LogP contribution in [-0.2, 0) is 16.6 Å². The van der Waals surface area contributed by atoms with Crippen LogP contribution in [0, 0.1) is 13.8 Å². The zero-order chi connectivity index (χ0) is 20.6. The van der Waals surface area contributed by atoms with E-state index in [9.17, 15) is 8.42 Å². The van der Waals surface area contributed by atoms with Gasteiger partial charge in [0.15, 0.2) is 5.65 Å². The number of halogens is 1. The summed E-state index contributed by atoms with van der Waals surface area (Å²) in [6, 6.07) is 17.8.